The van der Waals surface area contributed by atoms with Crippen LogP contribution < -0.4 is 14.8 Å². The highest BCUT2D eigenvalue weighted by molar-refractivity contribution is 6.03. The Morgan fingerprint density at radius 2 is 1.63 bits per heavy atom. The summed E-state index contributed by atoms with van der Waals surface area (Å²) in [5, 5.41) is 2.94. The van der Waals surface area contributed by atoms with Crippen molar-refractivity contribution < 1.29 is 19.1 Å². The van der Waals surface area contributed by atoms with Gasteiger partial charge < -0.3 is 19.7 Å². The molecule has 0 atom stereocenters. The van der Waals surface area contributed by atoms with Gasteiger partial charge in [-0.3, -0.25) is 9.59 Å². The van der Waals surface area contributed by atoms with Crippen LogP contribution in [0.4, 0.5) is 5.69 Å². The predicted octanol–water partition coefficient (Wildman–Crippen LogP) is 4.05. The number of carbonyl (C=O) groups is 2. The molecule has 30 heavy (non-hydrogen) atoms. The van der Waals surface area contributed by atoms with Crippen molar-refractivity contribution in [2.75, 3.05) is 31.6 Å². The Kier molecular flexibility index (Phi) is 6.52. The van der Waals surface area contributed by atoms with Crippen LogP contribution in [0.2, 0.25) is 0 Å². The SMILES string of the molecule is O=C(CCc1ccc2c(c1)OCCO2)Nc1ccccc1C(=O)N1CCCCCC1. The number of aryl methyl sites for hydroxylation is 1. The zero-order valence-electron chi connectivity index (χ0n) is 17.2. The predicted molar refractivity (Wildman–Crippen MR) is 115 cm³/mol. The number of para-hydroxylation sites is 1. The lowest BCUT2D eigenvalue weighted by Gasteiger charge is -2.22. The standard InChI is InChI=1S/C24H28N2O4/c27-23(12-10-18-9-11-21-22(17-18)30-16-15-29-21)25-20-8-4-3-7-19(20)24(28)26-13-5-1-2-6-14-26/h3-4,7-9,11,17H,1-2,5-6,10,12-16H2,(H,25,27). The Bertz CT molecular complexity index is 904. The molecule has 2 aliphatic heterocycles. The molecule has 2 heterocycles. The fourth-order valence-electron chi connectivity index (χ4n) is 3.94. The summed E-state index contributed by atoms with van der Waals surface area (Å²) in [6, 6.07) is 13.1. The van der Waals surface area contributed by atoms with Crippen molar-refractivity contribution in [2.24, 2.45) is 0 Å². The first-order valence-electron chi connectivity index (χ1n) is 10.8. The van der Waals surface area contributed by atoms with Gasteiger partial charge in [0.1, 0.15) is 13.2 Å². The van der Waals surface area contributed by atoms with E-state index in [9.17, 15) is 9.59 Å². The van der Waals surface area contributed by atoms with Crippen molar-refractivity contribution in [3.63, 3.8) is 0 Å². The minimum Gasteiger partial charge on any atom is -0.486 e. The normalized spacial score (nSPS) is 15.9. The number of nitrogens with one attached hydrogen (secondary N) is 1. The molecule has 2 aromatic rings. The van der Waals surface area contributed by atoms with Crippen LogP contribution in [0.5, 0.6) is 11.5 Å². The van der Waals surface area contributed by atoms with Crippen molar-refractivity contribution in [3.8, 4) is 11.5 Å². The Morgan fingerprint density at radius 3 is 2.43 bits per heavy atom. The van der Waals surface area contributed by atoms with Gasteiger partial charge in [-0.05, 0) is 49.1 Å². The molecule has 2 amide bonds. The van der Waals surface area contributed by atoms with Gasteiger partial charge in [-0.2, -0.15) is 0 Å². The molecule has 6 heteroatoms. The van der Waals surface area contributed by atoms with E-state index in [1.807, 2.05) is 35.2 Å². The molecule has 2 aromatic carbocycles. The number of benzene rings is 2. The molecule has 4 rings (SSSR count). The van der Waals surface area contributed by atoms with Crippen molar-refractivity contribution in [2.45, 2.75) is 38.5 Å². The summed E-state index contributed by atoms with van der Waals surface area (Å²) in [6.07, 6.45) is 5.33. The van der Waals surface area contributed by atoms with E-state index < -0.39 is 0 Å². The van der Waals surface area contributed by atoms with Crippen molar-refractivity contribution in [1.29, 1.82) is 0 Å². The minimum absolute atomic E-state index is 0.000337. The van der Waals surface area contributed by atoms with Gasteiger partial charge in [0.2, 0.25) is 5.91 Å². The van der Waals surface area contributed by atoms with E-state index in [0.29, 0.717) is 37.3 Å². The van der Waals surface area contributed by atoms with Gasteiger partial charge in [-0.1, -0.05) is 31.0 Å². The maximum absolute atomic E-state index is 13.0. The van der Waals surface area contributed by atoms with Gasteiger partial charge in [-0.15, -0.1) is 0 Å². The largest absolute Gasteiger partial charge is 0.486 e. The van der Waals surface area contributed by atoms with Gasteiger partial charge in [0.25, 0.3) is 5.91 Å². The fraction of sp³-hybridized carbons (Fsp3) is 0.417. The number of rotatable bonds is 5. The molecule has 0 saturated carbocycles. The molecule has 0 aliphatic carbocycles. The zero-order valence-corrected chi connectivity index (χ0v) is 17.2. The van der Waals surface area contributed by atoms with Crippen molar-refractivity contribution in [1.82, 2.24) is 4.90 Å². The average molecular weight is 408 g/mol. The number of likely N-dealkylation sites (tertiary alicyclic amines) is 1. The van der Waals surface area contributed by atoms with Crippen LogP contribution in [0.3, 0.4) is 0 Å². The third-order valence-electron chi connectivity index (χ3n) is 5.57. The molecule has 0 aromatic heterocycles. The number of fused-ring (bicyclic) bond motifs is 1. The second-order valence-electron chi connectivity index (χ2n) is 7.78. The maximum Gasteiger partial charge on any atom is 0.255 e. The minimum atomic E-state index is -0.110. The van der Waals surface area contributed by atoms with Crippen LogP contribution in [0.1, 0.15) is 48.0 Å². The molecule has 0 unspecified atom stereocenters. The molecule has 2 aliphatic rings. The lowest BCUT2D eigenvalue weighted by atomic mass is 10.1. The quantitative estimate of drug-likeness (QED) is 0.811. The Labute approximate surface area is 177 Å². The highest BCUT2D eigenvalue weighted by atomic mass is 16.6. The summed E-state index contributed by atoms with van der Waals surface area (Å²) >= 11 is 0. The summed E-state index contributed by atoms with van der Waals surface area (Å²) in [5.41, 5.74) is 2.16. The topological polar surface area (TPSA) is 67.9 Å². The van der Waals surface area contributed by atoms with Gasteiger partial charge >= 0.3 is 0 Å². The van der Waals surface area contributed by atoms with Gasteiger partial charge in [0.15, 0.2) is 11.5 Å². The highest BCUT2D eigenvalue weighted by Gasteiger charge is 2.20. The number of nitrogens with zero attached hydrogens (tertiary/aromatic N) is 1. The number of amides is 2. The van der Waals surface area contributed by atoms with Gasteiger partial charge in [0.05, 0.1) is 11.3 Å². The molecule has 1 N–H and O–H groups in total. The first-order valence-corrected chi connectivity index (χ1v) is 10.8. The first kappa shape index (κ1) is 20.3. The molecule has 1 fully saturated rings. The van der Waals surface area contributed by atoms with Crippen LogP contribution in [-0.4, -0.2) is 43.0 Å². The lowest BCUT2D eigenvalue weighted by molar-refractivity contribution is -0.116. The highest BCUT2D eigenvalue weighted by Crippen LogP contribution is 2.31. The third kappa shape index (κ3) is 4.93. The summed E-state index contributed by atoms with van der Waals surface area (Å²) in [6.45, 7) is 2.67. The van der Waals surface area contributed by atoms with Gasteiger partial charge in [0, 0.05) is 19.5 Å². The molecular formula is C24H28N2O4. The molecular weight excluding hydrogens is 380 g/mol. The lowest BCUT2D eigenvalue weighted by Crippen LogP contribution is -2.32. The van der Waals surface area contributed by atoms with Gasteiger partial charge in [-0.25, -0.2) is 0 Å². The summed E-state index contributed by atoms with van der Waals surface area (Å²) in [5.74, 6) is 1.36. The molecule has 158 valence electrons. The molecule has 0 radical (unpaired) electrons. The maximum atomic E-state index is 13.0. The molecule has 1 saturated heterocycles. The number of anilines is 1. The zero-order chi connectivity index (χ0) is 20.8. The summed E-state index contributed by atoms with van der Waals surface area (Å²) in [7, 11) is 0. The van der Waals surface area contributed by atoms with E-state index in [1.54, 1.807) is 12.1 Å². The second-order valence-corrected chi connectivity index (χ2v) is 7.78. The Balaban J connectivity index is 1.38. The van der Waals surface area contributed by atoms with Crippen LogP contribution in [0.25, 0.3) is 0 Å². The van der Waals surface area contributed by atoms with Crippen LogP contribution >= 0.6 is 0 Å². The molecule has 0 spiro atoms. The number of ether oxygens (including phenoxy) is 2. The monoisotopic (exact) mass is 408 g/mol. The molecule has 6 nitrogen and oxygen atoms in total. The first-order chi connectivity index (χ1) is 14.7. The van der Waals surface area contributed by atoms with Crippen LogP contribution in [0.15, 0.2) is 42.5 Å². The van der Waals surface area contributed by atoms with E-state index >= 15 is 0 Å². The smallest absolute Gasteiger partial charge is 0.255 e. The number of hydrogen-bond donors (Lipinski definition) is 1. The van der Waals surface area contributed by atoms with Crippen LogP contribution in [-0.2, 0) is 11.2 Å². The van der Waals surface area contributed by atoms with Crippen LogP contribution in [0, 0.1) is 0 Å². The van der Waals surface area contributed by atoms with E-state index in [0.717, 1.165) is 43.0 Å². The summed E-state index contributed by atoms with van der Waals surface area (Å²) < 4.78 is 11.1. The third-order valence-corrected chi connectivity index (χ3v) is 5.57. The number of carbonyl (C=O) groups excluding carboxylic acids is 2. The average Bonchev–Trinajstić information content (AvgIpc) is 3.07. The van der Waals surface area contributed by atoms with E-state index in [4.69, 9.17) is 9.47 Å². The van der Waals surface area contributed by atoms with E-state index in [2.05, 4.69) is 5.32 Å². The Hall–Kier alpha value is -3.02. The summed E-state index contributed by atoms with van der Waals surface area (Å²) in [4.78, 5) is 27.5. The Morgan fingerprint density at radius 1 is 0.900 bits per heavy atom. The number of hydrogen-bond acceptors (Lipinski definition) is 4. The fourth-order valence-corrected chi connectivity index (χ4v) is 3.94. The van der Waals surface area contributed by atoms with E-state index in [-0.39, 0.29) is 11.8 Å². The van der Waals surface area contributed by atoms with Crippen molar-refractivity contribution >= 4 is 17.5 Å². The van der Waals surface area contributed by atoms with Crippen molar-refractivity contribution in [3.05, 3.63) is 53.6 Å². The van der Waals surface area contributed by atoms with E-state index in [1.165, 1.54) is 12.8 Å². The molecule has 0 bridgehead atoms. The second kappa shape index (κ2) is 9.65.